The van der Waals surface area contributed by atoms with E-state index in [2.05, 4.69) is 0 Å². The van der Waals surface area contributed by atoms with Gasteiger partial charge in [0.1, 0.15) is 0 Å². The molecule has 0 saturated carbocycles. The van der Waals surface area contributed by atoms with Crippen molar-refractivity contribution in [2.45, 2.75) is 32.2 Å². The highest BCUT2D eigenvalue weighted by Gasteiger charge is 2.04. The van der Waals surface area contributed by atoms with E-state index in [1.165, 1.54) is 30.7 Å². The van der Waals surface area contributed by atoms with Crippen LogP contribution in [0.25, 0.3) is 0 Å². The number of carboxylic acids is 2. The van der Waals surface area contributed by atoms with Crippen molar-refractivity contribution >= 4 is 11.9 Å². The number of aromatic carboxylic acids is 2. The van der Waals surface area contributed by atoms with E-state index in [9.17, 15) is 9.59 Å². The van der Waals surface area contributed by atoms with Crippen LogP contribution in [0.3, 0.4) is 0 Å². The maximum absolute atomic E-state index is 10.3. The van der Waals surface area contributed by atoms with Gasteiger partial charge in [-0.15, -0.1) is 0 Å². The molecule has 1 unspecified atom stereocenters. The molecule has 0 radical (unpaired) electrons. The van der Waals surface area contributed by atoms with Crippen molar-refractivity contribution in [1.29, 1.82) is 0 Å². The molecule has 1 rings (SSSR count). The van der Waals surface area contributed by atoms with E-state index >= 15 is 0 Å². The van der Waals surface area contributed by atoms with E-state index in [-0.39, 0.29) is 11.1 Å². The lowest BCUT2D eigenvalue weighted by Crippen LogP contribution is -2.14. The smallest absolute Gasteiger partial charge is 0.335 e. The second-order valence-corrected chi connectivity index (χ2v) is 4.45. The number of benzene rings is 1. The summed E-state index contributed by atoms with van der Waals surface area (Å²) in [7, 11) is 0. The fourth-order valence-electron chi connectivity index (χ4n) is 1.37. The first-order valence-electron chi connectivity index (χ1n) is 6.40. The maximum atomic E-state index is 10.3. The second kappa shape index (κ2) is 9.94. The Kier molecular flexibility index (Phi) is 8.98. The van der Waals surface area contributed by atoms with E-state index in [0.29, 0.717) is 6.04 Å². The van der Waals surface area contributed by atoms with E-state index in [0.717, 1.165) is 19.4 Å². The first kappa shape index (κ1) is 18.1. The summed E-state index contributed by atoms with van der Waals surface area (Å²) in [6.45, 7) is 2.82. The van der Waals surface area contributed by atoms with Crippen molar-refractivity contribution in [2.75, 3.05) is 6.54 Å². The fraction of sp³-hybridized carbons (Fsp3) is 0.429. The van der Waals surface area contributed by atoms with E-state index < -0.39 is 11.9 Å². The number of nitrogens with two attached hydrogens (primary N) is 2. The Morgan fingerprint density at radius 2 is 1.45 bits per heavy atom. The fourth-order valence-corrected chi connectivity index (χ4v) is 1.37. The Hall–Kier alpha value is -1.92. The zero-order valence-corrected chi connectivity index (χ0v) is 11.6. The van der Waals surface area contributed by atoms with Crippen LogP contribution >= 0.6 is 0 Å². The molecule has 0 aliphatic carbocycles. The maximum Gasteiger partial charge on any atom is 0.335 e. The average molecular weight is 282 g/mol. The van der Waals surface area contributed by atoms with E-state index in [4.69, 9.17) is 21.7 Å². The minimum atomic E-state index is -1.06. The van der Waals surface area contributed by atoms with Crippen LogP contribution in [0.1, 0.15) is 46.9 Å². The van der Waals surface area contributed by atoms with Crippen LogP contribution in [0.5, 0.6) is 0 Å². The van der Waals surface area contributed by atoms with Crippen molar-refractivity contribution in [1.82, 2.24) is 0 Å². The lowest BCUT2D eigenvalue weighted by atomic mass is 10.1. The van der Waals surface area contributed by atoms with Crippen LogP contribution in [-0.2, 0) is 0 Å². The Bertz CT molecular complexity index is 383. The molecule has 20 heavy (non-hydrogen) atoms. The number of carbonyl (C=O) groups is 2. The van der Waals surface area contributed by atoms with Crippen LogP contribution in [0.15, 0.2) is 24.3 Å². The van der Waals surface area contributed by atoms with Gasteiger partial charge in [0.25, 0.3) is 0 Å². The Morgan fingerprint density at radius 1 is 1.05 bits per heavy atom. The zero-order chi connectivity index (χ0) is 15.5. The molecular weight excluding hydrogens is 260 g/mol. The van der Waals surface area contributed by atoms with Gasteiger partial charge in [-0.25, -0.2) is 9.59 Å². The van der Waals surface area contributed by atoms with Crippen LogP contribution < -0.4 is 11.5 Å². The molecule has 1 aromatic rings. The summed E-state index contributed by atoms with van der Waals surface area (Å²) in [5.41, 5.74) is 10.9. The second-order valence-electron chi connectivity index (χ2n) is 4.45. The molecule has 0 spiro atoms. The average Bonchev–Trinajstić information content (AvgIpc) is 2.39. The van der Waals surface area contributed by atoms with Gasteiger partial charge in [-0.3, -0.25) is 0 Å². The molecule has 0 heterocycles. The van der Waals surface area contributed by atoms with Crippen LogP contribution in [0.4, 0.5) is 0 Å². The van der Waals surface area contributed by atoms with Gasteiger partial charge in [0.15, 0.2) is 0 Å². The molecule has 6 heteroatoms. The van der Waals surface area contributed by atoms with Gasteiger partial charge < -0.3 is 21.7 Å². The number of hydrogen-bond donors (Lipinski definition) is 4. The van der Waals surface area contributed by atoms with Gasteiger partial charge in [-0.1, -0.05) is 6.42 Å². The Morgan fingerprint density at radius 3 is 1.70 bits per heavy atom. The topological polar surface area (TPSA) is 127 Å². The summed E-state index contributed by atoms with van der Waals surface area (Å²) in [6.07, 6.45) is 3.40. The van der Waals surface area contributed by atoms with Gasteiger partial charge >= 0.3 is 11.9 Å². The molecule has 0 saturated heterocycles. The number of hydrogen-bond acceptors (Lipinski definition) is 4. The van der Waals surface area contributed by atoms with Gasteiger partial charge in [0.2, 0.25) is 0 Å². The molecule has 0 amide bonds. The monoisotopic (exact) mass is 282 g/mol. The van der Waals surface area contributed by atoms with Gasteiger partial charge in [-0.05, 0) is 50.6 Å². The largest absolute Gasteiger partial charge is 0.478 e. The summed E-state index contributed by atoms with van der Waals surface area (Å²) >= 11 is 0. The van der Waals surface area contributed by atoms with Crippen molar-refractivity contribution in [3.8, 4) is 0 Å². The van der Waals surface area contributed by atoms with Crippen LogP contribution in [0, 0.1) is 0 Å². The third-order valence-electron chi connectivity index (χ3n) is 2.49. The lowest BCUT2D eigenvalue weighted by Gasteiger charge is -2.01. The summed E-state index contributed by atoms with van der Waals surface area (Å²) < 4.78 is 0. The first-order chi connectivity index (χ1) is 9.38. The SMILES string of the molecule is CC(N)CCCCN.O=C(O)c1ccc(C(=O)O)cc1. The summed E-state index contributed by atoms with van der Waals surface area (Å²) in [4.78, 5) is 20.7. The minimum Gasteiger partial charge on any atom is -0.478 e. The van der Waals surface area contributed by atoms with E-state index in [1.54, 1.807) is 0 Å². The van der Waals surface area contributed by atoms with E-state index in [1.807, 2.05) is 6.92 Å². The predicted octanol–water partition coefficient (Wildman–Crippen LogP) is 1.55. The molecule has 0 aliphatic heterocycles. The highest BCUT2D eigenvalue weighted by Crippen LogP contribution is 2.03. The molecule has 1 atom stereocenters. The normalized spacial score (nSPS) is 11.2. The van der Waals surface area contributed by atoms with Crippen molar-refractivity contribution in [3.63, 3.8) is 0 Å². The number of unbranched alkanes of at least 4 members (excludes halogenated alkanes) is 1. The van der Waals surface area contributed by atoms with Crippen molar-refractivity contribution in [3.05, 3.63) is 35.4 Å². The van der Waals surface area contributed by atoms with Crippen LogP contribution in [0.2, 0.25) is 0 Å². The molecule has 0 fully saturated rings. The van der Waals surface area contributed by atoms with Crippen molar-refractivity contribution in [2.24, 2.45) is 11.5 Å². The van der Waals surface area contributed by atoms with Gasteiger partial charge in [0.05, 0.1) is 11.1 Å². The quantitative estimate of drug-likeness (QED) is 0.586. The third-order valence-corrected chi connectivity index (χ3v) is 2.49. The lowest BCUT2D eigenvalue weighted by molar-refractivity contribution is 0.0681. The molecule has 112 valence electrons. The number of carboxylic acid groups (broad SMARTS) is 2. The molecule has 0 aromatic heterocycles. The van der Waals surface area contributed by atoms with Gasteiger partial charge in [-0.2, -0.15) is 0 Å². The summed E-state index contributed by atoms with van der Waals surface area (Å²) in [6, 6.07) is 5.37. The van der Waals surface area contributed by atoms with Crippen molar-refractivity contribution < 1.29 is 19.8 Å². The minimum absolute atomic E-state index is 0.0833. The molecule has 0 aliphatic rings. The number of rotatable bonds is 6. The standard InChI is InChI=1S/C8H6O4.C6H16N2/c9-7(10)5-1-2-6(4-3-5)8(11)12;1-6(8)4-2-3-5-7/h1-4H,(H,9,10)(H,11,12);6H,2-5,7-8H2,1H3. The summed E-state index contributed by atoms with van der Waals surface area (Å²) in [5.74, 6) is -2.13. The van der Waals surface area contributed by atoms with Gasteiger partial charge in [0, 0.05) is 6.04 Å². The predicted molar refractivity (Wildman–Crippen MR) is 76.9 cm³/mol. The highest BCUT2D eigenvalue weighted by molar-refractivity contribution is 5.91. The molecule has 1 aromatic carbocycles. The Balaban J connectivity index is 0.000000396. The van der Waals surface area contributed by atoms with Crippen LogP contribution in [-0.4, -0.2) is 34.7 Å². The Labute approximate surface area is 118 Å². The molecule has 6 N–H and O–H groups in total. The molecule has 6 nitrogen and oxygen atoms in total. The highest BCUT2D eigenvalue weighted by atomic mass is 16.4. The summed E-state index contributed by atoms with van der Waals surface area (Å²) in [5, 5.41) is 16.9. The first-order valence-corrected chi connectivity index (χ1v) is 6.40. The third kappa shape index (κ3) is 8.23. The molecule has 0 bridgehead atoms. The zero-order valence-electron chi connectivity index (χ0n) is 11.6. The molecular formula is C14H22N2O4.